The van der Waals surface area contributed by atoms with Crippen molar-refractivity contribution >= 4 is 5.97 Å². The third-order valence-electron chi connectivity index (χ3n) is 0.838. The van der Waals surface area contributed by atoms with Crippen molar-refractivity contribution in [1.82, 2.24) is 0 Å². The zero-order valence-electron chi connectivity index (χ0n) is 6.00. The number of carbonyl (C=O) groups is 1. The van der Waals surface area contributed by atoms with Crippen molar-refractivity contribution in [3.63, 3.8) is 0 Å². The highest BCUT2D eigenvalue weighted by Gasteiger charge is 1.97. The van der Waals surface area contributed by atoms with Gasteiger partial charge >= 0.3 is 5.97 Å². The molecule has 1 radical (unpaired) electrons. The van der Waals surface area contributed by atoms with E-state index in [1.54, 1.807) is 6.08 Å². The van der Waals surface area contributed by atoms with Crippen LogP contribution in [0.5, 0.6) is 0 Å². The quantitative estimate of drug-likeness (QED) is 0.439. The van der Waals surface area contributed by atoms with Gasteiger partial charge in [-0.2, -0.15) is 0 Å². The monoisotopic (exact) mass is 143 g/mol. The zero-order chi connectivity index (χ0) is 7.82. The van der Waals surface area contributed by atoms with E-state index in [1.807, 2.05) is 6.92 Å². The lowest BCUT2D eigenvalue weighted by Gasteiger charge is -1.92. The van der Waals surface area contributed by atoms with Crippen LogP contribution in [0.2, 0.25) is 0 Å². The summed E-state index contributed by atoms with van der Waals surface area (Å²) in [5.74, 6) is -0.459. The van der Waals surface area contributed by atoms with Gasteiger partial charge in [0.25, 0.3) is 0 Å². The van der Waals surface area contributed by atoms with Crippen LogP contribution in [0.25, 0.3) is 0 Å². The van der Waals surface area contributed by atoms with Gasteiger partial charge in [-0.25, -0.2) is 5.11 Å². The molecule has 0 aliphatic carbocycles. The lowest BCUT2D eigenvalue weighted by Crippen LogP contribution is -2.00. The fraction of sp³-hybridized carbons (Fsp3) is 0.571. The normalized spacial score (nSPS) is 10.2. The third kappa shape index (κ3) is 5.31. The van der Waals surface area contributed by atoms with Crippen LogP contribution in [-0.4, -0.2) is 12.6 Å². The summed E-state index contributed by atoms with van der Waals surface area (Å²) in [5, 5.41) is 9.85. The molecular weight excluding hydrogens is 132 g/mol. The van der Waals surface area contributed by atoms with Crippen molar-refractivity contribution in [3.8, 4) is 0 Å². The van der Waals surface area contributed by atoms with E-state index in [-0.39, 0.29) is 6.42 Å². The molecule has 0 unspecified atom stereocenters. The molecule has 0 fully saturated rings. The van der Waals surface area contributed by atoms with Gasteiger partial charge in [-0.05, 0) is 12.5 Å². The number of ether oxygens (including phenoxy) is 1. The Labute approximate surface area is 60.3 Å². The second-order valence-electron chi connectivity index (χ2n) is 1.72. The SMILES string of the molecule is CCC=COC(=O)CC[O]. The Bertz CT molecular complexity index is 118. The minimum absolute atomic E-state index is 0.0476. The van der Waals surface area contributed by atoms with Crippen LogP contribution in [-0.2, 0) is 14.6 Å². The van der Waals surface area contributed by atoms with Gasteiger partial charge in [0.15, 0.2) is 0 Å². The van der Waals surface area contributed by atoms with Gasteiger partial charge < -0.3 is 4.74 Å². The fourth-order valence-corrected chi connectivity index (χ4v) is 0.362. The molecule has 57 valence electrons. The summed E-state index contributed by atoms with van der Waals surface area (Å²) in [5.41, 5.74) is 0. The first kappa shape index (κ1) is 9.17. The number of rotatable bonds is 4. The van der Waals surface area contributed by atoms with E-state index >= 15 is 0 Å². The number of hydrogen-bond acceptors (Lipinski definition) is 2. The van der Waals surface area contributed by atoms with Gasteiger partial charge in [-0.15, -0.1) is 0 Å². The van der Waals surface area contributed by atoms with Crippen molar-refractivity contribution in [1.29, 1.82) is 0 Å². The molecule has 0 saturated heterocycles. The van der Waals surface area contributed by atoms with Gasteiger partial charge in [0, 0.05) is 0 Å². The van der Waals surface area contributed by atoms with Crippen molar-refractivity contribution in [3.05, 3.63) is 12.3 Å². The summed E-state index contributed by atoms with van der Waals surface area (Å²) < 4.78 is 4.50. The Hall–Kier alpha value is -0.830. The molecule has 10 heavy (non-hydrogen) atoms. The number of allylic oxidation sites excluding steroid dienone is 1. The molecule has 0 N–H and O–H groups in total. The Kier molecular flexibility index (Phi) is 5.77. The predicted octanol–water partition coefficient (Wildman–Crippen LogP) is 1.27. The highest BCUT2D eigenvalue weighted by atomic mass is 16.5. The molecule has 0 aliphatic rings. The molecule has 0 aromatic heterocycles. The largest absolute Gasteiger partial charge is 0.435 e. The van der Waals surface area contributed by atoms with E-state index in [0.29, 0.717) is 0 Å². The molecule has 0 rings (SSSR count). The lowest BCUT2D eigenvalue weighted by atomic mass is 10.5. The number of carbonyl (C=O) groups excluding carboxylic acids is 1. The first-order chi connectivity index (χ1) is 4.81. The summed E-state index contributed by atoms with van der Waals surface area (Å²) in [6.07, 6.45) is 3.80. The maximum Gasteiger partial charge on any atom is 0.313 e. The van der Waals surface area contributed by atoms with Crippen molar-refractivity contribution < 1.29 is 14.6 Å². The first-order valence-corrected chi connectivity index (χ1v) is 3.23. The molecule has 0 aromatic carbocycles. The predicted molar refractivity (Wildman–Crippen MR) is 35.7 cm³/mol. The Balaban J connectivity index is 3.30. The smallest absolute Gasteiger partial charge is 0.313 e. The first-order valence-electron chi connectivity index (χ1n) is 3.23. The molecule has 0 bridgehead atoms. The van der Waals surface area contributed by atoms with E-state index in [1.165, 1.54) is 6.26 Å². The molecule has 0 saturated carbocycles. The standard InChI is InChI=1S/C7H11O3/c1-2-3-6-10-7(9)4-5-8/h3,6H,2,4-5H2,1H3. The van der Waals surface area contributed by atoms with Crippen LogP contribution >= 0.6 is 0 Å². The third-order valence-corrected chi connectivity index (χ3v) is 0.838. The molecule has 0 aromatic rings. The highest BCUT2D eigenvalue weighted by Crippen LogP contribution is 1.87. The topological polar surface area (TPSA) is 46.2 Å². The summed E-state index contributed by atoms with van der Waals surface area (Å²) in [4.78, 5) is 10.4. The second kappa shape index (κ2) is 6.29. The summed E-state index contributed by atoms with van der Waals surface area (Å²) in [7, 11) is 0. The zero-order valence-corrected chi connectivity index (χ0v) is 6.00. The fourth-order valence-electron chi connectivity index (χ4n) is 0.362. The molecule has 0 amide bonds. The van der Waals surface area contributed by atoms with E-state index in [0.717, 1.165) is 6.42 Å². The van der Waals surface area contributed by atoms with Crippen molar-refractivity contribution in [2.24, 2.45) is 0 Å². The minimum atomic E-state index is -0.459. The Morgan fingerprint density at radius 1 is 1.60 bits per heavy atom. The molecule has 3 nitrogen and oxygen atoms in total. The van der Waals surface area contributed by atoms with E-state index in [2.05, 4.69) is 4.74 Å². The van der Waals surface area contributed by atoms with E-state index < -0.39 is 12.6 Å². The Morgan fingerprint density at radius 3 is 2.80 bits per heavy atom. The number of hydrogen-bond donors (Lipinski definition) is 0. The highest BCUT2D eigenvalue weighted by molar-refractivity contribution is 5.69. The van der Waals surface area contributed by atoms with Gasteiger partial charge in [0.05, 0.1) is 19.3 Å². The van der Waals surface area contributed by atoms with Gasteiger partial charge in [0.1, 0.15) is 0 Å². The molecule has 3 heteroatoms. The molecular formula is C7H11O3. The average Bonchev–Trinajstić information content (AvgIpc) is 1.89. The van der Waals surface area contributed by atoms with Crippen LogP contribution in [0.3, 0.4) is 0 Å². The summed E-state index contributed by atoms with van der Waals surface area (Å²) in [6, 6.07) is 0. The van der Waals surface area contributed by atoms with Crippen LogP contribution in [0.4, 0.5) is 0 Å². The van der Waals surface area contributed by atoms with Crippen LogP contribution in [0.1, 0.15) is 19.8 Å². The lowest BCUT2D eigenvalue weighted by molar-refractivity contribution is -0.139. The molecule has 0 atom stereocenters. The van der Waals surface area contributed by atoms with E-state index in [4.69, 9.17) is 0 Å². The van der Waals surface area contributed by atoms with Crippen LogP contribution in [0, 0.1) is 0 Å². The average molecular weight is 143 g/mol. The van der Waals surface area contributed by atoms with E-state index in [9.17, 15) is 9.90 Å². The van der Waals surface area contributed by atoms with Gasteiger partial charge in [-0.3, -0.25) is 4.79 Å². The Morgan fingerprint density at radius 2 is 2.30 bits per heavy atom. The van der Waals surface area contributed by atoms with Crippen LogP contribution < -0.4 is 0 Å². The maximum absolute atomic E-state index is 10.4. The van der Waals surface area contributed by atoms with Crippen LogP contribution in [0.15, 0.2) is 12.3 Å². The van der Waals surface area contributed by atoms with Crippen molar-refractivity contribution in [2.75, 3.05) is 6.61 Å². The summed E-state index contributed by atoms with van der Waals surface area (Å²) >= 11 is 0. The minimum Gasteiger partial charge on any atom is -0.435 e. The second-order valence-corrected chi connectivity index (χ2v) is 1.72. The maximum atomic E-state index is 10.4. The van der Waals surface area contributed by atoms with Gasteiger partial charge in [-0.1, -0.05) is 6.92 Å². The number of esters is 1. The molecule has 0 aliphatic heterocycles. The van der Waals surface area contributed by atoms with Gasteiger partial charge in [0.2, 0.25) is 0 Å². The molecule has 0 heterocycles. The molecule has 0 spiro atoms. The van der Waals surface area contributed by atoms with Crippen molar-refractivity contribution in [2.45, 2.75) is 19.8 Å². The summed E-state index contributed by atoms with van der Waals surface area (Å²) in [6.45, 7) is 1.52.